The van der Waals surface area contributed by atoms with Gasteiger partial charge in [-0.05, 0) is 23.6 Å². The lowest BCUT2D eigenvalue weighted by molar-refractivity contribution is -0.116. The monoisotopic (exact) mass is 274 g/mol. The van der Waals surface area contributed by atoms with Crippen molar-refractivity contribution in [3.05, 3.63) is 34.9 Å². The summed E-state index contributed by atoms with van der Waals surface area (Å²) >= 11 is 8.85. The summed E-state index contributed by atoms with van der Waals surface area (Å²) in [5.74, 6) is 0.168. The van der Waals surface area contributed by atoms with Crippen LogP contribution < -0.4 is 0 Å². The number of benzene rings is 1. The summed E-state index contributed by atoms with van der Waals surface area (Å²) in [5, 5.41) is 0.845. The molecule has 0 fully saturated rings. The summed E-state index contributed by atoms with van der Waals surface area (Å²) < 4.78 is 0. The van der Waals surface area contributed by atoms with Crippen LogP contribution in [0.25, 0.3) is 0 Å². The molecule has 0 spiro atoms. The second-order valence-corrected chi connectivity index (χ2v) is 4.07. The lowest BCUT2D eigenvalue weighted by Gasteiger charge is -2.05. The molecule has 0 aliphatic heterocycles. The van der Waals surface area contributed by atoms with E-state index < -0.39 is 0 Å². The van der Waals surface area contributed by atoms with E-state index >= 15 is 0 Å². The Bertz CT molecular complexity index is 336. The van der Waals surface area contributed by atoms with Crippen molar-refractivity contribution in [2.24, 2.45) is 0 Å². The second-order valence-electron chi connectivity index (χ2n) is 3.24. The van der Waals surface area contributed by atoms with Gasteiger partial charge in [0.15, 0.2) is 5.78 Å². The molecule has 0 aliphatic rings. The third kappa shape index (κ3) is 3.10. The fourth-order valence-electron chi connectivity index (χ4n) is 1.30. The van der Waals surface area contributed by atoms with Gasteiger partial charge in [0.2, 0.25) is 0 Å². The van der Waals surface area contributed by atoms with Crippen molar-refractivity contribution in [1.82, 2.24) is 0 Å². The molecule has 0 aliphatic carbocycles. The van der Waals surface area contributed by atoms with E-state index in [1.807, 2.05) is 19.1 Å². The third-order valence-electron chi connectivity index (χ3n) is 2.10. The number of aryl methyl sites for hydroxylation is 1. The molecule has 0 aromatic heterocycles. The van der Waals surface area contributed by atoms with Crippen molar-refractivity contribution in [1.29, 1.82) is 0 Å². The van der Waals surface area contributed by atoms with Crippen LogP contribution in [0.15, 0.2) is 18.2 Å². The number of carbonyl (C=O) groups excluding carboxylic acids is 1. The zero-order chi connectivity index (χ0) is 10.6. The van der Waals surface area contributed by atoms with Crippen LogP contribution in [0, 0.1) is 6.92 Å². The number of rotatable bonds is 4. The molecular weight excluding hydrogens is 263 g/mol. The average Bonchev–Trinajstić information content (AvgIpc) is 2.20. The SMILES string of the molecule is Cc1cc(CBr)ccc1CC(=O)CCl. The lowest BCUT2D eigenvalue weighted by Crippen LogP contribution is -2.05. The van der Waals surface area contributed by atoms with E-state index in [-0.39, 0.29) is 11.7 Å². The minimum absolute atomic E-state index is 0.0707. The van der Waals surface area contributed by atoms with E-state index in [1.165, 1.54) is 5.56 Å². The first-order valence-corrected chi connectivity index (χ1v) is 6.05. The standard InChI is InChI=1S/C11H12BrClO/c1-8-4-9(6-12)2-3-10(8)5-11(14)7-13/h2-4H,5-7H2,1H3. The lowest BCUT2D eigenvalue weighted by atomic mass is 10.0. The van der Waals surface area contributed by atoms with Gasteiger partial charge in [0, 0.05) is 11.8 Å². The van der Waals surface area contributed by atoms with Crippen LogP contribution in [-0.4, -0.2) is 11.7 Å². The summed E-state index contributed by atoms with van der Waals surface area (Å²) in [6.07, 6.45) is 0.442. The van der Waals surface area contributed by atoms with Crippen LogP contribution in [-0.2, 0) is 16.5 Å². The second kappa shape index (κ2) is 5.52. The van der Waals surface area contributed by atoms with Crippen molar-refractivity contribution in [2.75, 3.05) is 5.88 Å². The Hall–Kier alpha value is -0.340. The first kappa shape index (κ1) is 11.7. The highest BCUT2D eigenvalue weighted by Gasteiger charge is 2.05. The molecule has 0 heterocycles. The number of halogens is 2. The van der Waals surface area contributed by atoms with Gasteiger partial charge in [-0.15, -0.1) is 11.6 Å². The molecular formula is C11H12BrClO. The Morgan fingerprint density at radius 1 is 1.50 bits per heavy atom. The first-order valence-electron chi connectivity index (χ1n) is 4.39. The van der Waals surface area contributed by atoms with Gasteiger partial charge in [-0.3, -0.25) is 4.79 Å². The van der Waals surface area contributed by atoms with Crippen molar-refractivity contribution < 1.29 is 4.79 Å². The molecule has 14 heavy (non-hydrogen) atoms. The number of Topliss-reactive ketones (excluding diaryl/α,β-unsaturated/α-hetero) is 1. The third-order valence-corrected chi connectivity index (χ3v) is 3.04. The summed E-state index contributed by atoms with van der Waals surface area (Å²) in [5.41, 5.74) is 3.45. The van der Waals surface area contributed by atoms with Gasteiger partial charge < -0.3 is 0 Å². The fraction of sp³-hybridized carbons (Fsp3) is 0.364. The van der Waals surface area contributed by atoms with E-state index in [0.717, 1.165) is 16.5 Å². The smallest absolute Gasteiger partial charge is 0.151 e. The van der Waals surface area contributed by atoms with Crippen molar-refractivity contribution >= 4 is 33.3 Å². The van der Waals surface area contributed by atoms with Gasteiger partial charge in [-0.2, -0.15) is 0 Å². The zero-order valence-corrected chi connectivity index (χ0v) is 10.4. The largest absolute Gasteiger partial charge is 0.298 e. The molecule has 0 amide bonds. The Balaban J connectivity index is 2.83. The van der Waals surface area contributed by atoms with Gasteiger partial charge in [0.1, 0.15) is 0 Å². The van der Waals surface area contributed by atoms with Crippen LogP contribution in [0.2, 0.25) is 0 Å². The highest BCUT2D eigenvalue weighted by atomic mass is 79.9. The molecule has 1 aromatic rings. The molecule has 1 rings (SSSR count). The fourth-order valence-corrected chi connectivity index (χ4v) is 1.74. The number of hydrogen-bond acceptors (Lipinski definition) is 1. The van der Waals surface area contributed by atoms with Crippen LogP contribution in [0.1, 0.15) is 16.7 Å². The van der Waals surface area contributed by atoms with Crippen LogP contribution >= 0.6 is 27.5 Å². The number of alkyl halides is 2. The van der Waals surface area contributed by atoms with Gasteiger partial charge in [0.25, 0.3) is 0 Å². The molecule has 0 N–H and O–H groups in total. The molecule has 0 bridgehead atoms. The molecule has 1 nitrogen and oxygen atoms in total. The predicted molar refractivity (Wildman–Crippen MR) is 63.2 cm³/mol. The van der Waals surface area contributed by atoms with E-state index in [2.05, 4.69) is 22.0 Å². The van der Waals surface area contributed by atoms with Gasteiger partial charge >= 0.3 is 0 Å². The Morgan fingerprint density at radius 3 is 2.71 bits per heavy atom. The highest BCUT2D eigenvalue weighted by Crippen LogP contribution is 2.14. The minimum atomic E-state index is 0.0707. The molecule has 0 atom stereocenters. The van der Waals surface area contributed by atoms with E-state index in [0.29, 0.717) is 6.42 Å². The van der Waals surface area contributed by atoms with Crippen LogP contribution in [0.4, 0.5) is 0 Å². The van der Waals surface area contributed by atoms with Gasteiger partial charge in [-0.25, -0.2) is 0 Å². The van der Waals surface area contributed by atoms with Crippen LogP contribution in [0.5, 0.6) is 0 Å². The normalized spacial score (nSPS) is 10.2. The topological polar surface area (TPSA) is 17.1 Å². The predicted octanol–water partition coefficient (Wildman–Crippen LogP) is 3.24. The van der Waals surface area contributed by atoms with E-state index in [4.69, 9.17) is 11.6 Å². The van der Waals surface area contributed by atoms with E-state index in [1.54, 1.807) is 0 Å². The Labute approximate surface area is 97.6 Å². The summed E-state index contributed by atoms with van der Waals surface area (Å²) in [6, 6.07) is 6.11. The maximum absolute atomic E-state index is 11.1. The average molecular weight is 276 g/mol. The van der Waals surface area contributed by atoms with Crippen molar-refractivity contribution in [3.8, 4) is 0 Å². The Kier molecular flexibility index (Phi) is 4.63. The Morgan fingerprint density at radius 2 is 2.21 bits per heavy atom. The highest BCUT2D eigenvalue weighted by molar-refractivity contribution is 9.08. The molecule has 1 aromatic carbocycles. The van der Waals surface area contributed by atoms with Gasteiger partial charge in [-0.1, -0.05) is 34.1 Å². The molecule has 0 saturated heterocycles. The molecule has 0 unspecified atom stereocenters. The minimum Gasteiger partial charge on any atom is -0.298 e. The first-order chi connectivity index (χ1) is 6.67. The van der Waals surface area contributed by atoms with Crippen LogP contribution in [0.3, 0.4) is 0 Å². The summed E-state index contributed by atoms with van der Waals surface area (Å²) in [7, 11) is 0. The number of carbonyl (C=O) groups is 1. The van der Waals surface area contributed by atoms with Gasteiger partial charge in [0.05, 0.1) is 5.88 Å². The van der Waals surface area contributed by atoms with E-state index in [9.17, 15) is 4.79 Å². The van der Waals surface area contributed by atoms with Crippen molar-refractivity contribution in [3.63, 3.8) is 0 Å². The molecule has 0 saturated carbocycles. The zero-order valence-electron chi connectivity index (χ0n) is 8.02. The number of ketones is 1. The molecule has 76 valence electrons. The maximum Gasteiger partial charge on any atom is 0.151 e. The maximum atomic E-state index is 11.1. The summed E-state index contributed by atoms with van der Waals surface area (Å²) in [4.78, 5) is 11.1. The summed E-state index contributed by atoms with van der Waals surface area (Å²) in [6.45, 7) is 2.02. The number of hydrogen-bond donors (Lipinski definition) is 0. The van der Waals surface area contributed by atoms with Crippen molar-refractivity contribution in [2.45, 2.75) is 18.7 Å². The quantitative estimate of drug-likeness (QED) is 0.771. The molecule has 3 heteroatoms. The molecule has 0 radical (unpaired) electrons.